The molecule has 0 spiro atoms. The van der Waals surface area contributed by atoms with E-state index in [1.54, 1.807) is 0 Å². The second kappa shape index (κ2) is 7.01. The fourth-order valence-corrected chi connectivity index (χ4v) is 2.43. The number of alkyl halides is 1. The first-order valence-electron chi connectivity index (χ1n) is 5.33. The minimum Gasteiger partial charge on any atom is -0.408 e. The Labute approximate surface area is 106 Å². The van der Waals surface area contributed by atoms with Crippen molar-refractivity contribution in [2.45, 2.75) is 25.8 Å². The van der Waals surface area contributed by atoms with E-state index in [4.69, 9.17) is 16.0 Å². The van der Waals surface area contributed by atoms with E-state index < -0.39 is 0 Å². The third kappa shape index (κ3) is 3.56. The van der Waals surface area contributed by atoms with E-state index in [-0.39, 0.29) is 0 Å². The topological polar surface area (TPSA) is 42.2 Å². The number of halogens is 1. The third-order valence-electron chi connectivity index (χ3n) is 2.44. The minimum atomic E-state index is 0.430. The first-order valence-corrected chi connectivity index (χ1v) is 7.25. The normalized spacial score (nSPS) is 12.8. The molecule has 1 aromatic heterocycles. The van der Waals surface area contributed by atoms with E-state index in [1.807, 2.05) is 23.7 Å². The molecule has 0 aliphatic carbocycles. The van der Waals surface area contributed by atoms with Crippen LogP contribution < -0.4 is 4.90 Å². The summed E-state index contributed by atoms with van der Waals surface area (Å²) in [6, 6.07) is 1.01. The van der Waals surface area contributed by atoms with E-state index in [0.29, 0.717) is 30.2 Å². The number of anilines is 1. The summed E-state index contributed by atoms with van der Waals surface area (Å²) in [4.78, 5) is 2.04. The average Bonchev–Trinajstić information content (AvgIpc) is 2.74. The summed E-state index contributed by atoms with van der Waals surface area (Å²) in [5, 5.41) is 7.98. The summed E-state index contributed by atoms with van der Waals surface area (Å²) in [6.45, 7) is 2.16. The van der Waals surface area contributed by atoms with Crippen molar-refractivity contribution in [3.8, 4) is 0 Å². The molecular weight excluding hydrogens is 246 g/mol. The zero-order valence-electron chi connectivity index (χ0n) is 9.94. The number of nitrogens with zero attached hydrogens (tertiary/aromatic N) is 3. The van der Waals surface area contributed by atoms with Crippen molar-refractivity contribution >= 4 is 29.4 Å². The highest BCUT2D eigenvalue weighted by atomic mass is 35.5. The number of hydrogen-bond donors (Lipinski definition) is 0. The van der Waals surface area contributed by atoms with Gasteiger partial charge in [-0.15, -0.1) is 16.7 Å². The predicted molar refractivity (Wildman–Crippen MR) is 69.6 cm³/mol. The van der Waals surface area contributed by atoms with Crippen molar-refractivity contribution < 1.29 is 4.42 Å². The van der Waals surface area contributed by atoms with E-state index >= 15 is 0 Å². The largest absolute Gasteiger partial charge is 0.408 e. The molecule has 1 rings (SSSR count). The van der Waals surface area contributed by atoms with Gasteiger partial charge in [0.05, 0.1) is 0 Å². The molecule has 0 aliphatic rings. The lowest BCUT2D eigenvalue weighted by Gasteiger charge is -2.24. The van der Waals surface area contributed by atoms with Crippen LogP contribution in [0.2, 0.25) is 0 Å². The highest BCUT2D eigenvalue weighted by Crippen LogP contribution is 2.17. The third-order valence-corrected chi connectivity index (χ3v) is 3.35. The van der Waals surface area contributed by atoms with Crippen molar-refractivity contribution in [1.82, 2.24) is 10.2 Å². The van der Waals surface area contributed by atoms with E-state index in [9.17, 15) is 0 Å². The van der Waals surface area contributed by atoms with Crippen LogP contribution in [0.25, 0.3) is 0 Å². The van der Waals surface area contributed by atoms with Gasteiger partial charge in [-0.1, -0.05) is 12.0 Å². The minimum absolute atomic E-state index is 0.430. The summed E-state index contributed by atoms with van der Waals surface area (Å²) in [5.41, 5.74) is 0. The Hall–Kier alpha value is -0.420. The molecule has 92 valence electrons. The van der Waals surface area contributed by atoms with Gasteiger partial charge in [0.25, 0.3) is 0 Å². The van der Waals surface area contributed by atoms with Crippen LogP contribution in [0.5, 0.6) is 0 Å². The zero-order valence-corrected chi connectivity index (χ0v) is 11.5. The fraction of sp³-hybridized carbons (Fsp3) is 0.800. The van der Waals surface area contributed by atoms with Crippen LogP contribution in [0.1, 0.15) is 19.2 Å². The first kappa shape index (κ1) is 13.6. The van der Waals surface area contributed by atoms with Gasteiger partial charge in [-0.2, -0.15) is 11.8 Å². The van der Waals surface area contributed by atoms with Crippen molar-refractivity contribution in [3.05, 3.63) is 5.89 Å². The predicted octanol–water partition coefficient (Wildman–Crippen LogP) is 2.43. The van der Waals surface area contributed by atoms with Gasteiger partial charge in [-0.3, -0.25) is 0 Å². The molecule has 0 saturated heterocycles. The van der Waals surface area contributed by atoms with Crippen molar-refractivity contribution in [2.75, 3.05) is 29.8 Å². The quantitative estimate of drug-likeness (QED) is 0.707. The summed E-state index contributed by atoms with van der Waals surface area (Å²) in [5.74, 6) is 2.17. The van der Waals surface area contributed by atoms with Gasteiger partial charge < -0.3 is 9.32 Å². The molecular formula is C10H18ClN3OS. The van der Waals surface area contributed by atoms with Crippen LogP contribution in [0.3, 0.4) is 0 Å². The summed E-state index contributed by atoms with van der Waals surface area (Å²) in [6.07, 6.45) is 3.79. The molecule has 0 radical (unpaired) electrons. The van der Waals surface area contributed by atoms with E-state index in [0.717, 1.165) is 12.2 Å². The molecule has 1 aromatic rings. The van der Waals surface area contributed by atoms with E-state index in [2.05, 4.69) is 23.4 Å². The first-order chi connectivity index (χ1) is 7.72. The summed E-state index contributed by atoms with van der Waals surface area (Å²) in [7, 11) is 1.99. The van der Waals surface area contributed by atoms with Crippen LogP contribution in [0.15, 0.2) is 4.42 Å². The highest BCUT2D eigenvalue weighted by molar-refractivity contribution is 7.98. The molecule has 0 bridgehead atoms. The number of hydrogen-bond acceptors (Lipinski definition) is 5. The van der Waals surface area contributed by atoms with Gasteiger partial charge in [-0.05, 0) is 12.7 Å². The molecule has 0 saturated carbocycles. The Morgan fingerprint density at radius 2 is 2.25 bits per heavy atom. The Morgan fingerprint density at radius 3 is 2.81 bits per heavy atom. The molecule has 0 fully saturated rings. The SMILES string of the molecule is CCC(CSC)N(C)c1nnc(CCCl)o1. The van der Waals surface area contributed by atoms with Crippen LogP contribution in [0.4, 0.5) is 6.01 Å². The van der Waals surface area contributed by atoms with Gasteiger partial charge >= 0.3 is 6.01 Å². The average molecular weight is 264 g/mol. The highest BCUT2D eigenvalue weighted by Gasteiger charge is 2.18. The Morgan fingerprint density at radius 1 is 1.50 bits per heavy atom. The second-order valence-electron chi connectivity index (χ2n) is 3.55. The molecule has 16 heavy (non-hydrogen) atoms. The number of thioether (sulfide) groups is 1. The molecule has 1 unspecified atom stereocenters. The lowest BCUT2D eigenvalue weighted by molar-refractivity contribution is 0.480. The maximum Gasteiger partial charge on any atom is 0.318 e. The van der Waals surface area contributed by atoms with Crippen molar-refractivity contribution in [3.63, 3.8) is 0 Å². The smallest absolute Gasteiger partial charge is 0.318 e. The summed E-state index contributed by atoms with van der Waals surface area (Å²) < 4.78 is 5.52. The number of aryl methyl sites for hydroxylation is 1. The molecule has 1 atom stereocenters. The Balaban J connectivity index is 2.66. The standard InChI is InChI=1S/C10H18ClN3OS/c1-4-8(7-16-3)14(2)10-13-12-9(15-10)5-6-11/h8H,4-7H2,1-3H3. The molecule has 0 amide bonds. The fourth-order valence-electron chi connectivity index (χ4n) is 1.42. The van der Waals surface area contributed by atoms with Gasteiger partial charge in [-0.25, -0.2) is 0 Å². The molecule has 0 aliphatic heterocycles. The number of rotatable bonds is 7. The molecule has 1 heterocycles. The van der Waals surface area contributed by atoms with Crippen LogP contribution in [-0.4, -0.2) is 41.2 Å². The van der Waals surface area contributed by atoms with Crippen LogP contribution in [0, 0.1) is 0 Å². The van der Waals surface area contributed by atoms with Crippen molar-refractivity contribution in [2.24, 2.45) is 0 Å². The van der Waals surface area contributed by atoms with Crippen LogP contribution in [-0.2, 0) is 6.42 Å². The van der Waals surface area contributed by atoms with Gasteiger partial charge in [0.2, 0.25) is 5.89 Å². The Bertz CT molecular complexity index is 308. The zero-order chi connectivity index (χ0) is 12.0. The maximum absolute atomic E-state index is 5.62. The van der Waals surface area contributed by atoms with Gasteiger partial charge in [0, 0.05) is 31.1 Å². The Kier molecular flexibility index (Phi) is 5.98. The molecule has 0 aromatic carbocycles. The molecule has 0 N–H and O–H groups in total. The lowest BCUT2D eigenvalue weighted by Crippen LogP contribution is -2.33. The van der Waals surface area contributed by atoms with Crippen molar-refractivity contribution in [1.29, 1.82) is 0 Å². The number of aromatic nitrogens is 2. The van der Waals surface area contributed by atoms with Gasteiger partial charge in [0.1, 0.15) is 0 Å². The molecule has 4 nitrogen and oxygen atoms in total. The lowest BCUT2D eigenvalue weighted by atomic mass is 10.2. The van der Waals surface area contributed by atoms with Gasteiger partial charge in [0.15, 0.2) is 0 Å². The maximum atomic E-state index is 5.62. The summed E-state index contributed by atoms with van der Waals surface area (Å²) >= 11 is 7.44. The molecule has 6 heteroatoms. The monoisotopic (exact) mass is 263 g/mol. The van der Waals surface area contributed by atoms with E-state index in [1.165, 1.54) is 0 Å². The second-order valence-corrected chi connectivity index (χ2v) is 4.83. The van der Waals surface area contributed by atoms with Crippen LogP contribution >= 0.6 is 23.4 Å².